The van der Waals surface area contributed by atoms with Crippen LogP contribution < -0.4 is 15.4 Å². The van der Waals surface area contributed by atoms with Gasteiger partial charge in [0.15, 0.2) is 5.96 Å². The molecule has 1 aromatic carbocycles. The van der Waals surface area contributed by atoms with E-state index in [4.69, 9.17) is 4.74 Å². The molecule has 2 aromatic heterocycles. The van der Waals surface area contributed by atoms with Crippen LogP contribution in [0.4, 0.5) is 0 Å². The molecular formula is C23H29IN6O. The molecule has 3 aromatic rings. The number of ether oxygens (including phenoxy) is 1. The van der Waals surface area contributed by atoms with Gasteiger partial charge in [0.05, 0.1) is 6.61 Å². The average molecular weight is 532 g/mol. The number of aliphatic imine (C=N–C) groups is 1. The van der Waals surface area contributed by atoms with Crippen molar-refractivity contribution in [1.29, 1.82) is 0 Å². The largest absolute Gasteiger partial charge is 0.493 e. The van der Waals surface area contributed by atoms with Crippen LogP contribution in [-0.2, 0) is 13.1 Å². The van der Waals surface area contributed by atoms with Gasteiger partial charge in [-0.15, -0.1) is 24.0 Å². The minimum atomic E-state index is 0. The molecule has 31 heavy (non-hydrogen) atoms. The van der Waals surface area contributed by atoms with Crippen molar-refractivity contribution in [1.82, 2.24) is 25.2 Å². The first-order valence-electron chi connectivity index (χ1n) is 10.3. The Balaban J connectivity index is 0.00000272. The number of nitrogens with one attached hydrogen (secondary N) is 2. The summed E-state index contributed by atoms with van der Waals surface area (Å²) in [5, 5.41) is 6.71. The highest BCUT2D eigenvalue weighted by atomic mass is 127. The van der Waals surface area contributed by atoms with Gasteiger partial charge in [-0.25, -0.2) is 9.97 Å². The minimum Gasteiger partial charge on any atom is -0.493 e. The smallest absolute Gasteiger partial charge is 0.191 e. The van der Waals surface area contributed by atoms with Crippen molar-refractivity contribution in [2.24, 2.45) is 10.9 Å². The SMILES string of the molecule is CN=C(NCc1ccc(-n2ccnc2C)nc1)NCc1ccccc1OCC1CC1.I. The van der Waals surface area contributed by atoms with E-state index in [9.17, 15) is 0 Å². The summed E-state index contributed by atoms with van der Waals surface area (Å²) in [6.45, 7) is 4.06. The summed E-state index contributed by atoms with van der Waals surface area (Å²) >= 11 is 0. The maximum absolute atomic E-state index is 5.99. The fourth-order valence-electron chi connectivity index (χ4n) is 3.15. The van der Waals surface area contributed by atoms with Crippen LogP contribution in [0.2, 0.25) is 0 Å². The average Bonchev–Trinajstić information content (AvgIpc) is 3.52. The molecule has 7 nitrogen and oxygen atoms in total. The second-order valence-corrected chi connectivity index (χ2v) is 7.51. The van der Waals surface area contributed by atoms with Crippen molar-refractivity contribution in [3.05, 3.63) is 71.9 Å². The molecule has 0 saturated heterocycles. The number of benzene rings is 1. The Bertz CT molecular complexity index is 997. The molecule has 0 spiro atoms. The van der Waals surface area contributed by atoms with E-state index in [1.165, 1.54) is 12.8 Å². The van der Waals surface area contributed by atoms with E-state index in [1.807, 2.05) is 48.1 Å². The highest BCUT2D eigenvalue weighted by Gasteiger charge is 2.22. The molecule has 0 atom stereocenters. The Morgan fingerprint density at radius 2 is 1.94 bits per heavy atom. The van der Waals surface area contributed by atoms with Crippen molar-refractivity contribution in [2.45, 2.75) is 32.9 Å². The number of hydrogen-bond acceptors (Lipinski definition) is 4. The summed E-state index contributed by atoms with van der Waals surface area (Å²) in [5.74, 6) is 4.19. The van der Waals surface area contributed by atoms with E-state index in [1.54, 1.807) is 13.2 Å². The number of para-hydroxylation sites is 1. The number of nitrogens with zero attached hydrogens (tertiary/aromatic N) is 4. The van der Waals surface area contributed by atoms with Crippen LogP contribution in [-0.4, -0.2) is 34.1 Å². The lowest BCUT2D eigenvalue weighted by Gasteiger charge is -2.15. The fraction of sp³-hybridized carbons (Fsp3) is 0.348. The highest BCUT2D eigenvalue weighted by Crippen LogP contribution is 2.30. The zero-order valence-corrected chi connectivity index (χ0v) is 20.2. The molecule has 0 bridgehead atoms. The molecule has 164 valence electrons. The number of imidazole rings is 1. The van der Waals surface area contributed by atoms with Gasteiger partial charge < -0.3 is 15.4 Å². The molecule has 0 unspecified atom stereocenters. The quantitative estimate of drug-likeness (QED) is 0.262. The Kier molecular flexibility index (Phi) is 8.27. The van der Waals surface area contributed by atoms with Crippen LogP contribution in [0, 0.1) is 12.8 Å². The number of hydrogen-bond donors (Lipinski definition) is 2. The molecule has 0 aliphatic heterocycles. The van der Waals surface area contributed by atoms with Crippen LogP contribution in [0.15, 0.2) is 60.0 Å². The lowest BCUT2D eigenvalue weighted by Crippen LogP contribution is -2.36. The summed E-state index contributed by atoms with van der Waals surface area (Å²) < 4.78 is 7.95. The van der Waals surface area contributed by atoms with Crippen LogP contribution in [0.25, 0.3) is 5.82 Å². The molecule has 0 radical (unpaired) electrons. The van der Waals surface area contributed by atoms with Gasteiger partial charge in [0.1, 0.15) is 17.4 Å². The van der Waals surface area contributed by atoms with Gasteiger partial charge in [-0.1, -0.05) is 24.3 Å². The number of guanidine groups is 1. The molecule has 1 aliphatic carbocycles. The lowest BCUT2D eigenvalue weighted by molar-refractivity contribution is 0.296. The Labute approximate surface area is 200 Å². The van der Waals surface area contributed by atoms with Gasteiger partial charge >= 0.3 is 0 Å². The second-order valence-electron chi connectivity index (χ2n) is 7.51. The van der Waals surface area contributed by atoms with Gasteiger partial charge in [0, 0.05) is 44.3 Å². The third-order valence-corrected chi connectivity index (χ3v) is 5.16. The topological polar surface area (TPSA) is 76.4 Å². The molecule has 4 rings (SSSR count). The fourth-order valence-corrected chi connectivity index (χ4v) is 3.15. The zero-order valence-electron chi connectivity index (χ0n) is 17.9. The van der Waals surface area contributed by atoms with Crippen LogP contribution in [0.3, 0.4) is 0 Å². The van der Waals surface area contributed by atoms with Crippen molar-refractivity contribution < 1.29 is 4.74 Å². The molecule has 0 amide bonds. The number of aryl methyl sites for hydroxylation is 1. The van der Waals surface area contributed by atoms with Gasteiger partial charge in [0.25, 0.3) is 0 Å². The normalized spacial score (nSPS) is 13.4. The van der Waals surface area contributed by atoms with Gasteiger partial charge in [-0.2, -0.15) is 0 Å². The highest BCUT2D eigenvalue weighted by molar-refractivity contribution is 14.0. The maximum atomic E-state index is 5.99. The Morgan fingerprint density at radius 1 is 1.13 bits per heavy atom. The molecule has 8 heteroatoms. The Morgan fingerprint density at radius 3 is 2.61 bits per heavy atom. The van der Waals surface area contributed by atoms with Gasteiger partial charge in [-0.05, 0) is 43.4 Å². The number of aromatic nitrogens is 3. The van der Waals surface area contributed by atoms with Crippen molar-refractivity contribution in [3.8, 4) is 11.6 Å². The van der Waals surface area contributed by atoms with E-state index in [0.29, 0.717) is 13.1 Å². The zero-order chi connectivity index (χ0) is 20.8. The van der Waals surface area contributed by atoms with Crippen LogP contribution in [0.1, 0.15) is 29.8 Å². The monoisotopic (exact) mass is 532 g/mol. The maximum Gasteiger partial charge on any atom is 0.191 e. The van der Waals surface area contributed by atoms with Gasteiger partial charge in [0.2, 0.25) is 0 Å². The first kappa shape index (κ1) is 23.1. The predicted molar refractivity (Wildman–Crippen MR) is 133 cm³/mol. The molecule has 1 fully saturated rings. The third-order valence-electron chi connectivity index (χ3n) is 5.16. The number of halogens is 1. The number of pyridine rings is 1. The number of rotatable bonds is 8. The van der Waals surface area contributed by atoms with E-state index < -0.39 is 0 Å². The van der Waals surface area contributed by atoms with E-state index in [-0.39, 0.29) is 24.0 Å². The summed E-state index contributed by atoms with van der Waals surface area (Å²) in [6, 6.07) is 12.2. The van der Waals surface area contributed by atoms with Gasteiger partial charge in [-0.3, -0.25) is 9.56 Å². The second kappa shape index (κ2) is 11.1. The lowest BCUT2D eigenvalue weighted by atomic mass is 10.2. The predicted octanol–water partition coefficient (Wildman–Crippen LogP) is 3.85. The summed E-state index contributed by atoms with van der Waals surface area (Å²) in [7, 11) is 1.77. The first-order chi connectivity index (χ1) is 14.7. The molecule has 1 aliphatic rings. The molecule has 1 saturated carbocycles. The van der Waals surface area contributed by atoms with Crippen molar-refractivity contribution >= 4 is 29.9 Å². The standard InChI is InChI=1S/C23H28N6O.HI/c1-17-25-11-12-29(17)22-10-9-19(13-26-22)14-27-23(24-2)28-15-20-5-3-4-6-21(20)30-16-18-7-8-18;/h3-6,9-13,18H,7-8,14-16H2,1-2H3,(H2,24,27,28);1H. The Hall–Kier alpha value is -2.62. The summed E-state index contributed by atoms with van der Waals surface area (Å²) in [5.41, 5.74) is 2.20. The molecule has 2 N–H and O–H groups in total. The van der Waals surface area contributed by atoms with Crippen molar-refractivity contribution in [3.63, 3.8) is 0 Å². The van der Waals surface area contributed by atoms with E-state index >= 15 is 0 Å². The molecular weight excluding hydrogens is 503 g/mol. The van der Waals surface area contributed by atoms with Crippen molar-refractivity contribution in [2.75, 3.05) is 13.7 Å². The first-order valence-corrected chi connectivity index (χ1v) is 10.3. The summed E-state index contributed by atoms with van der Waals surface area (Å²) in [4.78, 5) is 13.1. The third kappa shape index (κ3) is 6.43. The van der Waals surface area contributed by atoms with Crippen LogP contribution in [0.5, 0.6) is 5.75 Å². The molecule has 2 heterocycles. The summed E-state index contributed by atoms with van der Waals surface area (Å²) in [6.07, 6.45) is 8.13. The van der Waals surface area contributed by atoms with Crippen LogP contribution >= 0.6 is 24.0 Å². The van der Waals surface area contributed by atoms with E-state index in [0.717, 1.165) is 47.0 Å². The van der Waals surface area contributed by atoms with E-state index in [2.05, 4.69) is 37.7 Å². The minimum absolute atomic E-state index is 0.